The topological polar surface area (TPSA) is 17.1 Å². The van der Waals surface area contributed by atoms with Gasteiger partial charge in [0.1, 0.15) is 0 Å². The molecule has 2 heteroatoms. The van der Waals surface area contributed by atoms with Crippen LogP contribution in [0.15, 0.2) is 42.5 Å². The maximum absolute atomic E-state index is 13.0. The Morgan fingerprint density at radius 3 is 2.53 bits per heavy atom. The second-order valence-electron chi connectivity index (χ2n) is 3.51. The van der Waals surface area contributed by atoms with Crippen LogP contribution in [0, 0.1) is 0 Å². The predicted molar refractivity (Wildman–Crippen MR) is 58.8 cm³/mol. The van der Waals surface area contributed by atoms with E-state index in [0.29, 0.717) is 5.56 Å². The maximum Gasteiger partial charge on any atom is 0.197 e. The number of rotatable bonds is 2. The summed E-state index contributed by atoms with van der Waals surface area (Å²) in [6, 6.07) is 12.9. The number of carbonyl (C=O) groups is 1. The lowest BCUT2D eigenvalue weighted by Crippen LogP contribution is -2.11. The van der Waals surface area contributed by atoms with E-state index in [9.17, 15) is 9.18 Å². The van der Waals surface area contributed by atoms with Crippen molar-refractivity contribution in [3.05, 3.63) is 48.0 Å². The molecule has 0 aliphatic rings. The van der Waals surface area contributed by atoms with E-state index in [0.717, 1.165) is 10.8 Å². The molecule has 0 aliphatic carbocycles. The van der Waals surface area contributed by atoms with Crippen molar-refractivity contribution >= 4 is 16.6 Å². The molecule has 0 aromatic heterocycles. The van der Waals surface area contributed by atoms with Crippen molar-refractivity contribution in [1.82, 2.24) is 0 Å². The molecule has 0 amide bonds. The van der Waals surface area contributed by atoms with E-state index in [4.69, 9.17) is 0 Å². The highest BCUT2D eigenvalue weighted by Gasteiger charge is 2.15. The molecule has 0 saturated heterocycles. The van der Waals surface area contributed by atoms with Crippen molar-refractivity contribution in [3.8, 4) is 0 Å². The quantitative estimate of drug-likeness (QED) is 0.682. The van der Waals surface area contributed by atoms with Gasteiger partial charge in [-0.1, -0.05) is 42.5 Å². The molecule has 0 N–H and O–H groups in total. The summed E-state index contributed by atoms with van der Waals surface area (Å²) in [6.07, 6.45) is -1.45. The molecule has 0 bridgehead atoms. The fraction of sp³-hybridized carbons (Fsp3) is 0.154. The third-order valence-corrected chi connectivity index (χ3v) is 2.42. The van der Waals surface area contributed by atoms with Crippen LogP contribution in [0.2, 0.25) is 0 Å². The van der Waals surface area contributed by atoms with E-state index in [-0.39, 0.29) is 0 Å². The summed E-state index contributed by atoms with van der Waals surface area (Å²) in [6.45, 7) is 1.27. The first-order chi connectivity index (χ1) is 7.20. The van der Waals surface area contributed by atoms with Crippen molar-refractivity contribution in [1.29, 1.82) is 0 Å². The van der Waals surface area contributed by atoms with Gasteiger partial charge in [0.2, 0.25) is 0 Å². The van der Waals surface area contributed by atoms with Gasteiger partial charge in [0.15, 0.2) is 12.0 Å². The molecule has 2 rings (SSSR count). The Kier molecular flexibility index (Phi) is 2.50. The first-order valence-corrected chi connectivity index (χ1v) is 4.86. The zero-order valence-electron chi connectivity index (χ0n) is 8.41. The Balaban J connectivity index is 2.66. The minimum absolute atomic E-state index is 0.452. The Hall–Kier alpha value is -1.70. The monoisotopic (exact) mass is 202 g/mol. The van der Waals surface area contributed by atoms with E-state index in [1.165, 1.54) is 6.92 Å². The van der Waals surface area contributed by atoms with Crippen molar-refractivity contribution in [3.63, 3.8) is 0 Å². The largest absolute Gasteiger partial charge is 0.291 e. The number of Topliss-reactive ketones (excluding diaryl/α,β-unsaturated/α-hetero) is 1. The van der Waals surface area contributed by atoms with Gasteiger partial charge in [-0.05, 0) is 17.7 Å². The summed E-state index contributed by atoms with van der Waals surface area (Å²) >= 11 is 0. The molecule has 0 fully saturated rings. The zero-order chi connectivity index (χ0) is 10.8. The first kappa shape index (κ1) is 9.84. The second kappa shape index (κ2) is 3.81. The van der Waals surface area contributed by atoms with E-state index in [2.05, 4.69) is 0 Å². The van der Waals surface area contributed by atoms with Gasteiger partial charge in [0, 0.05) is 5.56 Å². The fourth-order valence-electron chi connectivity index (χ4n) is 1.65. The van der Waals surface area contributed by atoms with Gasteiger partial charge in [-0.2, -0.15) is 0 Å². The minimum atomic E-state index is -1.45. The maximum atomic E-state index is 13.0. The normalized spacial score (nSPS) is 12.7. The van der Waals surface area contributed by atoms with Gasteiger partial charge < -0.3 is 0 Å². The van der Waals surface area contributed by atoms with Gasteiger partial charge >= 0.3 is 0 Å². The Bertz CT molecular complexity index is 497. The average Bonchev–Trinajstić information content (AvgIpc) is 2.27. The minimum Gasteiger partial charge on any atom is -0.291 e. The lowest BCUT2D eigenvalue weighted by Gasteiger charge is -2.05. The highest BCUT2D eigenvalue weighted by molar-refractivity contribution is 6.09. The number of benzene rings is 2. The molecule has 1 nitrogen and oxygen atoms in total. The molecule has 1 unspecified atom stereocenters. The number of hydrogen-bond donors (Lipinski definition) is 0. The van der Waals surface area contributed by atoms with Crippen molar-refractivity contribution in [2.75, 3.05) is 0 Å². The van der Waals surface area contributed by atoms with Gasteiger partial charge in [-0.15, -0.1) is 0 Å². The molecule has 76 valence electrons. The summed E-state index contributed by atoms with van der Waals surface area (Å²) in [7, 11) is 0. The summed E-state index contributed by atoms with van der Waals surface area (Å²) < 4.78 is 13.0. The van der Waals surface area contributed by atoms with Crippen LogP contribution in [0.3, 0.4) is 0 Å². The van der Waals surface area contributed by atoms with Crippen molar-refractivity contribution < 1.29 is 9.18 Å². The summed E-state index contributed by atoms with van der Waals surface area (Å²) in [5, 5.41) is 1.78. The van der Waals surface area contributed by atoms with E-state index < -0.39 is 12.0 Å². The van der Waals surface area contributed by atoms with Crippen LogP contribution >= 0.6 is 0 Å². The third-order valence-electron chi connectivity index (χ3n) is 2.42. The molecule has 0 aliphatic heterocycles. The molecule has 0 radical (unpaired) electrons. The van der Waals surface area contributed by atoms with Crippen molar-refractivity contribution in [2.45, 2.75) is 13.1 Å². The van der Waals surface area contributed by atoms with Gasteiger partial charge in [-0.3, -0.25) is 4.79 Å². The highest BCUT2D eigenvalue weighted by Crippen LogP contribution is 2.20. The van der Waals surface area contributed by atoms with Crippen LogP contribution in [0.1, 0.15) is 17.3 Å². The highest BCUT2D eigenvalue weighted by atomic mass is 19.1. The number of hydrogen-bond acceptors (Lipinski definition) is 1. The van der Waals surface area contributed by atoms with E-state index in [1.54, 1.807) is 12.1 Å². The van der Waals surface area contributed by atoms with Crippen LogP contribution in [0.25, 0.3) is 10.8 Å². The van der Waals surface area contributed by atoms with Gasteiger partial charge in [0.25, 0.3) is 0 Å². The number of halogens is 1. The van der Waals surface area contributed by atoms with E-state index in [1.807, 2.05) is 30.3 Å². The second-order valence-corrected chi connectivity index (χ2v) is 3.51. The molecule has 0 spiro atoms. The third kappa shape index (κ3) is 1.75. The molecular weight excluding hydrogens is 191 g/mol. The predicted octanol–water partition coefficient (Wildman–Crippen LogP) is 3.38. The lowest BCUT2D eigenvalue weighted by atomic mass is 10.00. The van der Waals surface area contributed by atoms with Crippen molar-refractivity contribution in [2.24, 2.45) is 0 Å². The standard InChI is InChI=1S/C13H11FO/c1-9(14)13(15)12-8-4-6-10-5-2-3-7-11(10)12/h2-9H,1H3. The lowest BCUT2D eigenvalue weighted by molar-refractivity contribution is 0.0894. The first-order valence-electron chi connectivity index (χ1n) is 4.86. The average molecular weight is 202 g/mol. The Labute approximate surface area is 87.5 Å². The smallest absolute Gasteiger partial charge is 0.197 e. The van der Waals surface area contributed by atoms with Crippen LogP contribution in [0.5, 0.6) is 0 Å². The molecule has 15 heavy (non-hydrogen) atoms. The molecule has 0 heterocycles. The fourth-order valence-corrected chi connectivity index (χ4v) is 1.65. The van der Waals surface area contributed by atoms with Gasteiger partial charge in [-0.25, -0.2) is 4.39 Å². The number of carbonyl (C=O) groups excluding carboxylic acids is 1. The summed E-state index contributed by atoms with van der Waals surface area (Å²) in [5.41, 5.74) is 0.461. The molecule has 2 aromatic rings. The number of ketones is 1. The molecule has 0 saturated carbocycles. The van der Waals surface area contributed by atoms with Gasteiger partial charge in [0.05, 0.1) is 0 Å². The molecular formula is C13H11FO. The molecule has 1 atom stereocenters. The zero-order valence-corrected chi connectivity index (χ0v) is 8.41. The van der Waals surface area contributed by atoms with Crippen LogP contribution in [0.4, 0.5) is 4.39 Å². The number of fused-ring (bicyclic) bond motifs is 1. The summed E-state index contributed by atoms with van der Waals surface area (Å²) in [5.74, 6) is -0.452. The number of alkyl halides is 1. The van der Waals surface area contributed by atoms with Crippen LogP contribution in [-0.2, 0) is 0 Å². The van der Waals surface area contributed by atoms with Crippen LogP contribution < -0.4 is 0 Å². The van der Waals surface area contributed by atoms with E-state index >= 15 is 0 Å². The Morgan fingerprint density at radius 2 is 1.80 bits per heavy atom. The molecule has 2 aromatic carbocycles. The SMILES string of the molecule is CC(F)C(=O)c1cccc2ccccc12. The summed E-state index contributed by atoms with van der Waals surface area (Å²) in [4.78, 5) is 11.6. The Morgan fingerprint density at radius 1 is 1.13 bits per heavy atom. The van der Waals surface area contributed by atoms with Crippen LogP contribution in [-0.4, -0.2) is 12.0 Å².